The molecule has 4 heteroatoms. The van der Waals surface area contributed by atoms with E-state index >= 15 is 0 Å². The lowest BCUT2D eigenvalue weighted by molar-refractivity contribution is -0.480. The summed E-state index contributed by atoms with van der Waals surface area (Å²) in [5, 5.41) is 9.96. The highest BCUT2D eigenvalue weighted by Gasteiger charge is 1.97. The Hall–Kier alpha value is -1.58. The molecule has 0 N–H and O–H groups in total. The predicted octanol–water partition coefficient (Wildman–Crippen LogP) is 1.73. The molecule has 0 fully saturated rings. The van der Waals surface area contributed by atoms with Crippen molar-refractivity contribution in [2.45, 2.75) is 6.42 Å². The molecule has 0 aliphatic rings. The SMILES string of the molecule is O=[N+]([O-])CCCOc1ccccc1. The average Bonchev–Trinajstić information content (AvgIpc) is 2.14. The van der Waals surface area contributed by atoms with Crippen LogP contribution in [0.1, 0.15) is 6.42 Å². The molecule has 0 atom stereocenters. The first-order chi connectivity index (χ1) is 6.29. The number of ether oxygens (including phenoxy) is 1. The fraction of sp³-hybridized carbons (Fsp3) is 0.333. The Morgan fingerprint density at radius 2 is 2.00 bits per heavy atom. The first-order valence-electron chi connectivity index (χ1n) is 4.08. The van der Waals surface area contributed by atoms with Gasteiger partial charge in [0.2, 0.25) is 6.54 Å². The van der Waals surface area contributed by atoms with E-state index in [-0.39, 0.29) is 11.5 Å². The van der Waals surface area contributed by atoms with Gasteiger partial charge in [-0.05, 0) is 12.1 Å². The van der Waals surface area contributed by atoms with Crippen molar-refractivity contribution in [1.82, 2.24) is 0 Å². The van der Waals surface area contributed by atoms with E-state index in [0.717, 1.165) is 5.75 Å². The number of benzene rings is 1. The molecule has 0 heterocycles. The summed E-state index contributed by atoms with van der Waals surface area (Å²) in [7, 11) is 0. The molecular formula is C9H11NO3. The van der Waals surface area contributed by atoms with E-state index in [1.807, 2.05) is 30.3 Å². The maximum absolute atomic E-state index is 9.96. The van der Waals surface area contributed by atoms with Gasteiger partial charge < -0.3 is 4.74 Å². The molecule has 0 aliphatic heterocycles. The summed E-state index contributed by atoms with van der Waals surface area (Å²) in [5.41, 5.74) is 0. The summed E-state index contributed by atoms with van der Waals surface area (Å²) in [6.45, 7) is 0.359. The molecule has 0 unspecified atom stereocenters. The van der Waals surface area contributed by atoms with Crippen LogP contribution in [0.25, 0.3) is 0 Å². The third-order valence-corrected chi connectivity index (χ3v) is 1.50. The summed E-state index contributed by atoms with van der Waals surface area (Å²) in [6, 6.07) is 9.27. The minimum Gasteiger partial charge on any atom is -0.493 e. The quantitative estimate of drug-likeness (QED) is 0.395. The Morgan fingerprint density at radius 1 is 1.31 bits per heavy atom. The Morgan fingerprint density at radius 3 is 2.62 bits per heavy atom. The van der Waals surface area contributed by atoms with E-state index in [2.05, 4.69) is 0 Å². The van der Waals surface area contributed by atoms with Crippen LogP contribution in [0.4, 0.5) is 0 Å². The molecule has 0 aromatic heterocycles. The second kappa shape index (κ2) is 5.13. The maximum atomic E-state index is 9.96. The Bertz CT molecular complexity index is 261. The summed E-state index contributed by atoms with van der Waals surface area (Å²) < 4.78 is 5.25. The molecule has 0 aliphatic carbocycles. The van der Waals surface area contributed by atoms with Gasteiger partial charge in [-0.1, -0.05) is 18.2 Å². The number of nitro groups is 1. The fourth-order valence-electron chi connectivity index (χ4n) is 0.900. The highest BCUT2D eigenvalue weighted by Crippen LogP contribution is 2.07. The van der Waals surface area contributed by atoms with Gasteiger partial charge in [-0.2, -0.15) is 0 Å². The first-order valence-corrected chi connectivity index (χ1v) is 4.08. The standard InChI is InChI=1S/C9H11NO3/c11-10(12)7-4-8-13-9-5-2-1-3-6-9/h1-3,5-6H,4,7-8H2. The van der Waals surface area contributed by atoms with Gasteiger partial charge >= 0.3 is 0 Å². The van der Waals surface area contributed by atoms with Gasteiger partial charge in [-0.25, -0.2) is 0 Å². The number of nitrogens with zero attached hydrogens (tertiary/aromatic N) is 1. The number of hydrogen-bond acceptors (Lipinski definition) is 3. The van der Waals surface area contributed by atoms with E-state index in [0.29, 0.717) is 13.0 Å². The number of para-hydroxylation sites is 1. The van der Waals surface area contributed by atoms with E-state index in [1.54, 1.807) is 0 Å². The molecule has 1 aromatic carbocycles. The minimum atomic E-state index is -0.339. The Labute approximate surface area is 76.3 Å². The van der Waals surface area contributed by atoms with Crippen LogP contribution in [0.2, 0.25) is 0 Å². The summed E-state index contributed by atoms with van der Waals surface area (Å²) in [4.78, 5) is 9.62. The lowest BCUT2D eigenvalue weighted by Gasteiger charge is -2.02. The van der Waals surface area contributed by atoms with Crippen molar-refractivity contribution >= 4 is 0 Å². The van der Waals surface area contributed by atoms with Crippen molar-refractivity contribution in [3.63, 3.8) is 0 Å². The van der Waals surface area contributed by atoms with Crippen molar-refractivity contribution in [3.8, 4) is 5.75 Å². The van der Waals surface area contributed by atoms with Gasteiger partial charge in [-0.15, -0.1) is 0 Å². The second-order valence-corrected chi connectivity index (χ2v) is 2.57. The zero-order chi connectivity index (χ0) is 9.52. The molecule has 0 spiro atoms. The molecule has 1 aromatic rings. The van der Waals surface area contributed by atoms with Crippen LogP contribution in [0, 0.1) is 10.1 Å². The molecule has 0 saturated heterocycles. The topological polar surface area (TPSA) is 52.4 Å². The van der Waals surface area contributed by atoms with Crippen LogP contribution in [-0.4, -0.2) is 18.1 Å². The lowest BCUT2D eigenvalue weighted by Crippen LogP contribution is -2.06. The molecular weight excluding hydrogens is 170 g/mol. The van der Waals surface area contributed by atoms with Crippen LogP contribution < -0.4 is 4.74 Å². The summed E-state index contributed by atoms with van der Waals surface area (Å²) in [6.07, 6.45) is 0.446. The van der Waals surface area contributed by atoms with Crippen molar-refractivity contribution in [2.24, 2.45) is 0 Å². The highest BCUT2D eigenvalue weighted by atomic mass is 16.6. The van der Waals surface area contributed by atoms with Crippen LogP contribution in [0.5, 0.6) is 5.75 Å². The van der Waals surface area contributed by atoms with E-state index in [4.69, 9.17) is 4.74 Å². The zero-order valence-corrected chi connectivity index (χ0v) is 7.18. The highest BCUT2D eigenvalue weighted by molar-refractivity contribution is 5.20. The Kier molecular flexibility index (Phi) is 3.75. The molecule has 0 bridgehead atoms. The zero-order valence-electron chi connectivity index (χ0n) is 7.18. The van der Waals surface area contributed by atoms with Crippen LogP contribution in [0.3, 0.4) is 0 Å². The largest absolute Gasteiger partial charge is 0.493 e. The van der Waals surface area contributed by atoms with Crippen LogP contribution >= 0.6 is 0 Å². The van der Waals surface area contributed by atoms with Gasteiger partial charge in [0.1, 0.15) is 5.75 Å². The lowest BCUT2D eigenvalue weighted by atomic mass is 10.3. The summed E-state index contributed by atoms with van der Waals surface area (Å²) in [5.74, 6) is 0.755. The van der Waals surface area contributed by atoms with Crippen molar-refractivity contribution < 1.29 is 9.66 Å². The second-order valence-electron chi connectivity index (χ2n) is 2.57. The van der Waals surface area contributed by atoms with E-state index in [1.165, 1.54) is 0 Å². The molecule has 70 valence electrons. The van der Waals surface area contributed by atoms with Crippen LogP contribution in [-0.2, 0) is 0 Å². The summed E-state index contributed by atoms with van der Waals surface area (Å²) >= 11 is 0. The van der Waals surface area contributed by atoms with Crippen molar-refractivity contribution in [1.29, 1.82) is 0 Å². The molecule has 0 saturated carbocycles. The first kappa shape index (κ1) is 9.51. The van der Waals surface area contributed by atoms with Crippen LogP contribution in [0.15, 0.2) is 30.3 Å². The van der Waals surface area contributed by atoms with Gasteiger partial charge in [0.25, 0.3) is 0 Å². The van der Waals surface area contributed by atoms with Crippen molar-refractivity contribution in [3.05, 3.63) is 40.4 Å². The Balaban J connectivity index is 2.17. The maximum Gasteiger partial charge on any atom is 0.207 e. The number of hydrogen-bond donors (Lipinski definition) is 0. The van der Waals surface area contributed by atoms with Gasteiger partial charge in [-0.3, -0.25) is 10.1 Å². The van der Waals surface area contributed by atoms with E-state index in [9.17, 15) is 10.1 Å². The molecule has 1 rings (SSSR count). The number of rotatable bonds is 5. The molecule has 0 amide bonds. The van der Waals surface area contributed by atoms with Crippen molar-refractivity contribution in [2.75, 3.05) is 13.2 Å². The minimum absolute atomic E-state index is 0.0349. The molecule has 0 radical (unpaired) electrons. The predicted molar refractivity (Wildman–Crippen MR) is 48.4 cm³/mol. The van der Waals surface area contributed by atoms with E-state index < -0.39 is 0 Å². The normalized spacial score (nSPS) is 9.54. The third-order valence-electron chi connectivity index (χ3n) is 1.50. The van der Waals surface area contributed by atoms with Gasteiger partial charge in [0.05, 0.1) is 6.61 Å². The van der Waals surface area contributed by atoms with Gasteiger partial charge in [0.15, 0.2) is 0 Å². The third kappa shape index (κ3) is 4.10. The molecule has 13 heavy (non-hydrogen) atoms. The average molecular weight is 181 g/mol. The molecule has 4 nitrogen and oxygen atoms in total. The fourth-order valence-corrected chi connectivity index (χ4v) is 0.900. The van der Waals surface area contributed by atoms with Gasteiger partial charge in [0, 0.05) is 11.3 Å². The smallest absolute Gasteiger partial charge is 0.207 e. The monoisotopic (exact) mass is 181 g/mol.